The Morgan fingerprint density at radius 1 is 1.27 bits per heavy atom. The minimum atomic E-state index is -0.485. The molecule has 0 atom stereocenters. The molecule has 1 amide bonds. The Balaban J connectivity index is 1.50. The molecule has 150 valence electrons. The van der Waals surface area contributed by atoms with E-state index in [1.165, 1.54) is 28.9 Å². The van der Waals surface area contributed by atoms with Crippen molar-refractivity contribution in [3.05, 3.63) is 75.3 Å². The number of rotatable bonds is 5. The lowest BCUT2D eigenvalue weighted by Gasteiger charge is -2.20. The van der Waals surface area contributed by atoms with Crippen molar-refractivity contribution in [1.29, 1.82) is 5.41 Å². The highest BCUT2D eigenvalue weighted by Crippen LogP contribution is 2.28. The van der Waals surface area contributed by atoms with E-state index in [9.17, 15) is 14.9 Å². The Kier molecular flexibility index (Phi) is 5.15. The molecule has 2 heterocycles. The first-order valence-electron chi connectivity index (χ1n) is 8.84. The number of non-ortho nitro benzene ring substituents is 1. The van der Waals surface area contributed by atoms with E-state index in [1.807, 2.05) is 0 Å². The van der Waals surface area contributed by atoms with Gasteiger partial charge in [-0.2, -0.15) is 15.1 Å². The van der Waals surface area contributed by atoms with Gasteiger partial charge in [-0.1, -0.05) is 12.1 Å². The fourth-order valence-electron chi connectivity index (χ4n) is 2.83. The third-order valence-electron chi connectivity index (χ3n) is 4.28. The molecule has 0 spiro atoms. The maximum Gasteiger partial charge on any atom is 0.283 e. The zero-order chi connectivity index (χ0) is 21.3. The second-order valence-electron chi connectivity index (χ2n) is 6.42. The molecule has 0 aromatic heterocycles. The molecule has 0 fully saturated rings. The van der Waals surface area contributed by atoms with Crippen molar-refractivity contribution in [1.82, 2.24) is 5.01 Å². The van der Waals surface area contributed by atoms with E-state index >= 15 is 0 Å². The molecule has 4 rings (SSSR count). The highest BCUT2D eigenvalue weighted by atomic mass is 32.2. The van der Waals surface area contributed by atoms with Gasteiger partial charge in [0.15, 0.2) is 5.84 Å². The number of carbonyl (C=O) groups excluding carboxylic acids is 1. The fourth-order valence-corrected chi connectivity index (χ4v) is 3.56. The lowest BCUT2D eigenvalue weighted by molar-refractivity contribution is -0.384. The van der Waals surface area contributed by atoms with Crippen LogP contribution < -0.4 is 4.74 Å². The van der Waals surface area contributed by atoms with Crippen LogP contribution in [0.2, 0.25) is 0 Å². The van der Waals surface area contributed by atoms with Gasteiger partial charge >= 0.3 is 0 Å². The zero-order valence-corrected chi connectivity index (χ0v) is 16.5. The summed E-state index contributed by atoms with van der Waals surface area (Å²) in [6, 6.07) is 13.2. The number of hydrazone groups is 1. The molecule has 2 aliphatic rings. The molecule has 2 aromatic rings. The van der Waals surface area contributed by atoms with Gasteiger partial charge in [-0.05, 0) is 60.2 Å². The first-order chi connectivity index (χ1) is 14.4. The van der Waals surface area contributed by atoms with Gasteiger partial charge in [-0.3, -0.25) is 20.3 Å². The van der Waals surface area contributed by atoms with Crippen molar-refractivity contribution in [3.63, 3.8) is 0 Å². The van der Waals surface area contributed by atoms with Crippen LogP contribution in [0.4, 0.5) is 5.69 Å². The number of nitrogens with one attached hydrogen (secondary N) is 1. The molecule has 9 nitrogen and oxygen atoms in total. The number of fused-ring (bicyclic) bond motifs is 1. The van der Waals surface area contributed by atoms with Crippen LogP contribution in [0.1, 0.15) is 18.1 Å². The summed E-state index contributed by atoms with van der Waals surface area (Å²) in [4.78, 5) is 26.6. The summed E-state index contributed by atoms with van der Waals surface area (Å²) in [5, 5.41) is 25.7. The second kappa shape index (κ2) is 7.91. The van der Waals surface area contributed by atoms with Crippen LogP contribution >= 0.6 is 11.8 Å². The average molecular weight is 421 g/mol. The van der Waals surface area contributed by atoms with Gasteiger partial charge in [0.05, 0.1) is 15.5 Å². The normalized spacial score (nSPS) is 17.0. The molecule has 2 aliphatic heterocycles. The minimum Gasteiger partial charge on any atom is -0.489 e. The number of aliphatic imine (C=N–C) groups is 1. The molecule has 0 unspecified atom stereocenters. The quantitative estimate of drug-likeness (QED) is 0.445. The number of thioether (sulfide) groups is 1. The van der Waals surface area contributed by atoms with Gasteiger partial charge in [0.25, 0.3) is 11.6 Å². The van der Waals surface area contributed by atoms with Gasteiger partial charge in [0.1, 0.15) is 12.4 Å². The third kappa shape index (κ3) is 3.98. The molecule has 2 aromatic carbocycles. The lowest BCUT2D eigenvalue weighted by Crippen LogP contribution is -2.35. The van der Waals surface area contributed by atoms with Crippen molar-refractivity contribution in [2.24, 2.45) is 10.1 Å². The number of amidine groups is 2. The number of carbonyl (C=O) groups is 1. The number of benzene rings is 2. The maximum absolute atomic E-state index is 12.4. The molecular formula is C20H15N5O4S. The maximum atomic E-state index is 12.4. The standard InChI is InChI=1S/C20H15N5O4S/c1-12-23-24-18(21)17(19(26)22-20(24)30-12)10-14-3-2-4-16(9-14)29-11-13-5-7-15(8-6-13)25(27)28/h2-10,21H,11H2,1H3. The monoisotopic (exact) mass is 421 g/mol. The van der Waals surface area contributed by atoms with Crippen molar-refractivity contribution in [3.8, 4) is 5.75 Å². The van der Waals surface area contributed by atoms with E-state index in [4.69, 9.17) is 10.1 Å². The van der Waals surface area contributed by atoms with Crippen molar-refractivity contribution in [2.45, 2.75) is 13.5 Å². The second-order valence-corrected chi connectivity index (χ2v) is 7.58. The van der Waals surface area contributed by atoms with E-state index < -0.39 is 10.8 Å². The van der Waals surface area contributed by atoms with Crippen molar-refractivity contribution >= 4 is 45.5 Å². The van der Waals surface area contributed by atoms with Gasteiger partial charge in [0, 0.05) is 12.1 Å². The predicted molar refractivity (Wildman–Crippen MR) is 115 cm³/mol. The number of nitrogens with zero attached hydrogens (tertiary/aromatic N) is 4. The molecule has 10 heteroatoms. The first kappa shape index (κ1) is 19.5. The molecule has 0 saturated heterocycles. The van der Waals surface area contributed by atoms with Crippen molar-refractivity contribution in [2.75, 3.05) is 0 Å². The topological polar surface area (TPSA) is 121 Å². The summed E-state index contributed by atoms with van der Waals surface area (Å²) < 4.78 is 5.76. The SMILES string of the molecule is CC1=NN2C(=N)C(=Cc3cccc(OCc4ccc([N+](=O)[O-])cc4)c3)C(=O)N=C2S1. The number of hydrogen-bond donors (Lipinski definition) is 1. The lowest BCUT2D eigenvalue weighted by atomic mass is 10.1. The average Bonchev–Trinajstić information content (AvgIpc) is 3.10. The Labute approximate surface area is 175 Å². The first-order valence-corrected chi connectivity index (χ1v) is 9.65. The molecule has 0 radical (unpaired) electrons. The Morgan fingerprint density at radius 3 is 2.77 bits per heavy atom. The number of hydrogen-bond acceptors (Lipinski definition) is 7. The number of nitro groups is 1. The van der Waals surface area contributed by atoms with Crippen LogP contribution in [0.3, 0.4) is 0 Å². The van der Waals surface area contributed by atoms with Gasteiger partial charge in [-0.15, -0.1) is 0 Å². The highest BCUT2D eigenvalue weighted by Gasteiger charge is 2.34. The highest BCUT2D eigenvalue weighted by molar-refractivity contribution is 8.26. The Morgan fingerprint density at radius 2 is 2.03 bits per heavy atom. The summed E-state index contributed by atoms with van der Waals surface area (Å²) >= 11 is 1.25. The molecule has 0 bridgehead atoms. The number of nitro benzene ring substituents is 1. The molecule has 30 heavy (non-hydrogen) atoms. The Hall–Kier alpha value is -3.79. The summed E-state index contributed by atoms with van der Waals surface area (Å²) in [7, 11) is 0. The van der Waals surface area contributed by atoms with E-state index in [2.05, 4.69) is 10.1 Å². The molecule has 0 saturated carbocycles. The van der Waals surface area contributed by atoms with E-state index in [-0.39, 0.29) is 23.7 Å². The zero-order valence-electron chi connectivity index (χ0n) is 15.7. The largest absolute Gasteiger partial charge is 0.489 e. The Bertz CT molecular complexity index is 1150. The summed E-state index contributed by atoms with van der Waals surface area (Å²) in [6.45, 7) is 2.03. The van der Waals surface area contributed by atoms with Crippen LogP contribution in [0.5, 0.6) is 5.75 Å². The van der Waals surface area contributed by atoms with Crippen LogP contribution in [0.15, 0.2) is 64.2 Å². The van der Waals surface area contributed by atoms with Gasteiger partial charge in [0.2, 0.25) is 5.17 Å². The van der Waals surface area contributed by atoms with Gasteiger partial charge < -0.3 is 4.74 Å². The molecular weight excluding hydrogens is 406 g/mol. The van der Waals surface area contributed by atoms with Crippen LogP contribution in [0.25, 0.3) is 6.08 Å². The third-order valence-corrected chi connectivity index (χ3v) is 5.10. The number of ether oxygens (including phenoxy) is 1. The minimum absolute atomic E-state index is 0.0217. The number of amides is 1. The predicted octanol–water partition coefficient (Wildman–Crippen LogP) is 3.81. The van der Waals surface area contributed by atoms with E-state index in [0.717, 1.165) is 5.56 Å². The summed E-state index contributed by atoms with van der Waals surface area (Å²) in [5.41, 5.74) is 1.63. The molecule has 1 N–H and O–H groups in total. The summed E-state index contributed by atoms with van der Waals surface area (Å²) in [5.74, 6) is 0.0553. The van der Waals surface area contributed by atoms with Gasteiger partial charge in [-0.25, -0.2) is 0 Å². The fraction of sp³-hybridized carbons (Fsp3) is 0.100. The van der Waals surface area contributed by atoms with Crippen LogP contribution in [-0.4, -0.2) is 31.9 Å². The van der Waals surface area contributed by atoms with Crippen LogP contribution in [-0.2, 0) is 11.4 Å². The van der Waals surface area contributed by atoms with Crippen molar-refractivity contribution < 1.29 is 14.5 Å². The smallest absolute Gasteiger partial charge is 0.283 e. The summed E-state index contributed by atoms with van der Waals surface area (Å²) in [6.07, 6.45) is 1.58. The molecule has 0 aliphatic carbocycles. The van der Waals surface area contributed by atoms with Crippen LogP contribution in [0, 0.1) is 15.5 Å². The van der Waals surface area contributed by atoms with E-state index in [0.29, 0.717) is 21.5 Å². The van der Waals surface area contributed by atoms with E-state index in [1.54, 1.807) is 49.4 Å².